The van der Waals surface area contributed by atoms with Crippen molar-refractivity contribution in [2.45, 2.75) is 24.9 Å². The second-order valence-electron chi connectivity index (χ2n) is 11.0. The van der Waals surface area contributed by atoms with Crippen LogP contribution in [0.15, 0.2) is 97.1 Å². The molecule has 4 aromatic rings. The lowest BCUT2D eigenvalue weighted by Crippen LogP contribution is -2.48. The van der Waals surface area contributed by atoms with E-state index in [1.807, 2.05) is 30.0 Å². The van der Waals surface area contributed by atoms with Crippen LogP contribution in [0.25, 0.3) is 6.08 Å². The van der Waals surface area contributed by atoms with E-state index in [1.54, 1.807) is 66.7 Å². The normalized spacial score (nSPS) is 21.3. The van der Waals surface area contributed by atoms with Gasteiger partial charge in [0, 0.05) is 45.5 Å². The predicted octanol–water partition coefficient (Wildman–Crippen LogP) is 6.87. The fourth-order valence-electron chi connectivity index (χ4n) is 7.04. The molecule has 0 aromatic heterocycles. The number of benzene rings is 4. The van der Waals surface area contributed by atoms with E-state index in [1.165, 1.54) is 18.2 Å². The maximum Gasteiger partial charge on any atom is 0.269 e. The Hall–Kier alpha value is -4.88. The summed E-state index contributed by atoms with van der Waals surface area (Å²) in [7, 11) is 0. The maximum atomic E-state index is 14.7. The molecule has 1 saturated heterocycles. The highest BCUT2D eigenvalue weighted by molar-refractivity contribution is 6.32. The first-order valence-corrected chi connectivity index (χ1v) is 13.9. The van der Waals surface area contributed by atoms with Gasteiger partial charge in [-0.1, -0.05) is 90.0 Å². The summed E-state index contributed by atoms with van der Waals surface area (Å²) in [6.45, 7) is 1.92. The van der Waals surface area contributed by atoms with Crippen LogP contribution >= 0.6 is 11.6 Å². The minimum atomic E-state index is -1.74. The number of anilines is 1. The van der Waals surface area contributed by atoms with Gasteiger partial charge in [0.1, 0.15) is 11.5 Å². The topological polar surface area (TPSA) is 97.6 Å². The number of carbonyl (C=O) groups excluding carboxylic acids is 3. The molecule has 7 nitrogen and oxygen atoms in total. The number of rotatable bonds is 4. The van der Waals surface area contributed by atoms with Gasteiger partial charge in [-0.3, -0.25) is 24.5 Å². The Morgan fingerprint density at radius 1 is 0.905 bits per heavy atom. The van der Waals surface area contributed by atoms with Crippen molar-refractivity contribution < 1.29 is 19.3 Å². The molecule has 206 valence electrons. The molecule has 4 aromatic carbocycles. The molecule has 0 bridgehead atoms. The number of ketones is 3. The number of nitro groups is 1. The fraction of sp³-hybridized carbons (Fsp3) is 0.147. The van der Waals surface area contributed by atoms with E-state index in [9.17, 15) is 24.5 Å². The number of hydrogen-bond acceptors (Lipinski definition) is 6. The molecule has 1 spiro atoms. The van der Waals surface area contributed by atoms with E-state index in [0.29, 0.717) is 21.8 Å². The predicted molar refractivity (Wildman–Crippen MR) is 159 cm³/mol. The number of nitro benzene ring substituents is 1. The van der Waals surface area contributed by atoms with Crippen LogP contribution in [-0.2, 0) is 0 Å². The zero-order valence-electron chi connectivity index (χ0n) is 22.4. The van der Waals surface area contributed by atoms with Crippen LogP contribution < -0.4 is 4.90 Å². The largest absolute Gasteiger partial charge is 0.352 e. The Morgan fingerprint density at radius 3 is 2.26 bits per heavy atom. The molecule has 2 aliphatic heterocycles. The molecule has 1 fully saturated rings. The van der Waals surface area contributed by atoms with Crippen molar-refractivity contribution >= 4 is 46.4 Å². The molecule has 0 N–H and O–H groups in total. The van der Waals surface area contributed by atoms with Gasteiger partial charge in [0.05, 0.1) is 11.0 Å². The van der Waals surface area contributed by atoms with E-state index < -0.39 is 39.9 Å². The van der Waals surface area contributed by atoms with Crippen LogP contribution in [0.4, 0.5) is 11.4 Å². The number of carbonyl (C=O) groups is 3. The maximum absolute atomic E-state index is 14.7. The number of non-ortho nitro benzene ring substituents is 1. The van der Waals surface area contributed by atoms with Gasteiger partial charge in [-0.2, -0.15) is 0 Å². The monoisotopic (exact) mass is 574 g/mol. The summed E-state index contributed by atoms with van der Waals surface area (Å²) >= 11 is 6.34. The Bertz CT molecular complexity index is 1840. The Labute approximate surface area is 246 Å². The van der Waals surface area contributed by atoms with Crippen molar-refractivity contribution in [2.75, 3.05) is 4.90 Å². The molecule has 8 heteroatoms. The number of hydrogen-bond donors (Lipinski definition) is 0. The summed E-state index contributed by atoms with van der Waals surface area (Å²) in [6.07, 6.45) is 3.63. The van der Waals surface area contributed by atoms with E-state index in [-0.39, 0.29) is 22.6 Å². The molecule has 3 atom stereocenters. The van der Waals surface area contributed by atoms with Gasteiger partial charge in [0.25, 0.3) is 5.69 Å². The number of aryl methyl sites for hydroxylation is 1. The quantitative estimate of drug-likeness (QED) is 0.114. The van der Waals surface area contributed by atoms with Crippen molar-refractivity contribution in [1.29, 1.82) is 0 Å². The molecular weight excluding hydrogens is 552 g/mol. The van der Waals surface area contributed by atoms with Crippen LogP contribution in [0.1, 0.15) is 53.7 Å². The third-order valence-corrected chi connectivity index (χ3v) is 9.05. The van der Waals surface area contributed by atoms with Gasteiger partial charge in [-0.15, -0.1) is 0 Å². The van der Waals surface area contributed by atoms with E-state index >= 15 is 0 Å². The molecule has 0 amide bonds. The molecule has 0 radical (unpaired) electrons. The first-order chi connectivity index (χ1) is 20.2. The Balaban J connectivity index is 1.56. The second-order valence-corrected chi connectivity index (χ2v) is 11.4. The molecule has 3 aliphatic rings. The van der Waals surface area contributed by atoms with Gasteiger partial charge < -0.3 is 4.90 Å². The Morgan fingerprint density at radius 2 is 1.60 bits per heavy atom. The van der Waals surface area contributed by atoms with Crippen molar-refractivity contribution in [3.63, 3.8) is 0 Å². The van der Waals surface area contributed by atoms with E-state index in [4.69, 9.17) is 11.6 Å². The van der Waals surface area contributed by atoms with Gasteiger partial charge in [-0.05, 0) is 36.2 Å². The standard InChI is InChI=1S/C34H23ClN2O5/c1-19-9-11-20(12-10-19)31(38)30-29(22-5-4-6-24(18-22)37(41)42)34(32(39)25-7-2-3-8-26(25)33(34)40)28-16-13-21-17-23(35)14-15-27(21)36(28)30/h2-18,28-30H,1H3. The number of fused-ring (bicyclic) bond motifs is 5. The smallest absolute Gasteiger partial charge is 0.269 e. The highest BCUT2D eigenvalue weighted by atomic mass is 35.5. The second kappa shape index (κ2) is 9.33. The number of Topliss-reactive ketones (excluding diaryl/α,β-unsaturated/α-hetero) is 3. The lowest BCUT2D eigenvalue weighted by Gasteiger charge is -2.37. The van der Waals surface area contributed by atoms with Crippen molar-refractivity contribution in [3.8, 4) is 0 Å². The van der Waals surface area contributed by atoms with Gasteiger partial charge in [0.2, 0.25) is 0 Å². The SMILES string of the molecule is Cc1ccc(C(=O)C2C(c3cccc([N+](=O)[O-])c3)C3(C(=O)c4ccccc4C3=O)C3C=Cc4cc(Cl)ccc4N23)cc1. The zero-order valence-corrected chi connectivity index (χ0v) is 23.1. The minimum absolute atomic E-state index is 0.188. The molecule has 7 rings (SSSR count). The third-order valence-electron chi connectivity index (χ3n) is 8.81. The lowest BCUT2D eigenvalue weighted by molar-refractivity contribution is -0.384. The summed E-state index contributed by atoms with van der Waals surface area (Å²) in [5.41, 5.74) is 1.81. The lowest BCUT2D eigenvalue weighted by atomic mass is 9.64. The fourth-order valence-corrected chi connectivity index (χ4v) is 7.22. The summed E-state index contributed by atoms with van der Waals surface area (Å²) in [4.78, 5) is 57.2. The summed E-state index contributed by atoms with van der Waals surface area (Å²) in [5.74, 6) is -2.11. The first kappa shape index (κ1) is 26.0. The average Bonchev–Trinajstić information content (AvgIpc) is 3.43. The number of nitrogens with zero attached hydrogens (tertiary/aromatic N) is 2. The molecule has 3 unspecified atom stereocenters. The van der Waals surface area contributed by atoms with Crippen LogP contribution in [0.5, 0.6) is 0 Å². The third kappa shape index (κ3) is 3.50. The first-order valence-electron chi connectivity index (χ1n) is 13.5. The van der Waals surface area contributed by atoms with Crippen LogP contribution in [0.3, 0.4) is 0 Å². The molecule has 42 heavy (non-hydrogen) atoms. The van der Waals surface area contributed by atoms with Crippen molar-refractivity contribution in [1.82, 2.24) is 0 Å². The molecule has 2 heterocycles. The van der Waals surface area contributed by atoms with E-state index in [2.05, 4.69) is 0 Å². The summed E-state index contributed by atoms with van der Waals surface area (Å²) < 4.78 is 0. The molecular formula is C34H23ClN2O5. The van der Waals surface area contributed by atoms with Crippen molar-refractivity contribution in [3.05, 3.63) is 146 Å². The van der Waals surface area contributed by atoms with Gasteiger partial charge >= 0.3 is 0 Å². The van der Waals surface area contributed by atoms with Crippen LogP contribution in [0.2, 0.25) is 5.02 Å². The number of halogens is 1. The highest BCUT2D eigenvalue weighted by Crippen LogP contribution is 2.61. The summed E-state index contributed by atoms with van der Waals surface area (Å²) in [5, 5.41) is 12.4. The molecule has 0 saturated carbocycles. The van der Waals surface area contributed by atoms with Crippen molar-refractivity contribution in [2.24, 2.45) is 5.41 Å². The highest BCUT2D eigenvalue weighted by Gasteiger charge is 2.71. The van der Waals surface area contributed by atoms with E-state index in [0.717, 1.165) is 11.1 Å². The van der Waals surface area contributed by atoms with Crippen LogP contribution in [0, 0.1) is 22.5 Å². The van der Waals surface area contributed by atoms with Gasteiger partial charge in [-0.25, -0.2) is 0 Å². The average molecular weight is 575 g/mol. The molecule has 1 aliphatic carbocycles. The Kier molecular flexibility index (Phi) is 5.78. The van der Waals surface area contributed by atoms with Crippen LogP contribution in [-0.4, -0.2) is 34.4 Å². The summed E-state index contributed by atoms with van der Waals surface area (Å²) in [6, 6.07) is 23.2. The zero-order chi connectivity index (χ0) is 29.3. The minimum Gasteiger partial charge on any atom is -0.352 e. The van der Waals surface area contributed by atoms with Gasteiger partial charge in [0.15, 0.2) is 17.3 Å².